The van der Waals surface area contributed by atoms with E-state index in [9.17, 15) is 0 Å². The van der Waals surface area contributed by atoms with Crippen LogP contribution in [0.4, 0.5) is 0 Å². The average molecular weight is 396 g/mol. The Balaban J connectivity index is 1.98. The molecular formula is C14H9IN2O2S. The standard InChI is InChI=1S/C14H9IN2O2S/c15-8-1-3-11-10(5-8)16-14(20)17(11)9-2-4-12-13(6-9)19-7-18-12/h1-6H,7H2,(H,16,20). The van der Waals surface area contributed by atoms with Gasteiger partial charge in [0.05, 0.1) is 16.7 Å². The lowest BCUT2D eigenvalue weighted by Gasteiger charge is -2.05. The number of halogens is 1. The average Bonchev–Trinajstić information content (AvgIpc) is 3.00. The molecule has 1 aromatic heterocycles. The summed E-state index contributed by atoms with van der Waals surface area (Å²) in [5.41, 5.74) is 3.04. The van der Waals surface area contributed by atoms with Crippen molar-refractivity contribution in [2.24, 2.45) is 0 Å². The van der Waals surface area contributed by atoms with Gasteiger partial charge in [0, 0.05) is 9.64 Å². The van der Waals surface area contributed by atoms with Crippen LogP contribution in [0.15, 0.2) is 36.4 Å². The first kappa shape index (κ1) is 12.2. The summed E-state index contributed by atoms with van der Waals surface area (Å²) in [4.78, 5) is 3.23. The van der Waals surface area contributed by atoms with Gasteiger partial charge in [-0.05, 0) is 65.1 Å². The maximum absolute atomic E-state index is 5.44. The molecule has 3 aromatic rings. The van der Waals surface area contributed by atoms with Crippen LogP contribution in [0.1, 0.15) is 0 Å². The van der Waals surface area contributed by atoms with Gasteiger partial charge in [-0.25, -0.2) is 0 Å². The summed E-state index contributed by atoms with van der Waals surface area (Å²) in [5.74, 6) is 1.53. The highest BCUT2D eigenvalue weighted by molar-refractivity contribution is 14.1. The van der Waals surface area contributed by atoms with Crippen molar-refractivity contribution in [2.45, 2.75) is 0 Å². The number of H-pyrrole nitrogens is 1. The SMILES string of the molecule is S=c1[nH]c2cc(I)ccc2n1-c1ccc2c(c1)OCO2. The Kier molecular flexibility index (Phi) is 2.74. The molecule has 0 saturated heterocycles. The fraction of sp³-hybridized carbons (Fsp3) is 0.0714. The number of hydrogen-bond donors (Lipinski definition) is 1. The minimum atomic E-state index is 0.274. The third-order valence-electron chi connectivity index (χ3n) is 3.26. The maximum Gasteiger partial charge on any atom is 0.231 e. The van der Waals surface area contributed by atoms with E-state index >= 15 is 0 Å². The summed E-state index contributed by atoms with van der Waals surface area (Å²) in [7, 11) is 0. The smallest absolute Gasteiger partial charge is 0.231 e. The molecule has 0 aliphatic carbocycles. The van der Waals surface area contributed by atoms with Crippen molar-refractivity contribution >= 4 is 45.8 Å². The van der Waals surface area contributed by atoms with Gasteiger partial charge < -0.3 is 14.5 Å². The first-order valence-electron chi connectivity index (χ1n) is 6.03. The largest absolute Gasteiger partial charge is 0.454 e. The summed E-state index contributed by atoms with van der Waals surface area (Å²) in [5, 5.41) is 0. The Morgan fingerprint density at radius 2 is 1.95 bits per heavy atom. The molecule has 4 rings (SSSR count). The zero-order valence-electron chi connectivity index (χ0n) is 10.2. The van der Waals surface area contributed by atoms with Crippen molar-refractivity contribution in [3.05, 3.63) is 44.7 Å². The molecule has 2 aromatic carbocycles. The molecule has 0 bridgehead atoms. The van der Waals surface area contributed by atoms with Crippen LogP contribution >= 0.6 is 34.8 Å². The third kappa shape index (κ3) is 1.82. The van der Waals surface area contributed by atoms with Crippen molar-refractivity contribution < 1.29 is 9.47 Å². The van der Waals surface area contributed by atoms with E-state index < -0.39 is 0 Å². The van der Waals surface area contributed by atoms with Crippen molar-refractivity contribution in [3.8, 4) is 17.2 Å². The van der Waals surface area contributed by atoms with Gasteiger partial charge in [0.25, 0.3) is 0 Å². The molecule has 2 heterocycles. The Morgan fingerprint density at radius 3 is 2.85 bits per heavy atom. The van der Waals surface area contributed by atoms with Crippen LogP contribution in [-0.2, 0) is 0 Å². The van der Waals surface area contributed by atoms with Crippen LogP contribution < -0.4 is 9.47 Å². The topological polar surface area (TPSA) is 39.2 Å². The van der Waals surface area contributed by atoms with Crippen LogP contribution in [0.2, 0.25) is 0 Å². The van der Waals surface area contributed by atoms with Crippen LogP contribution in [0.25, 0.3) is 16.7 Å². The monoisotopic (exact) mass is 396 g/mol. The summed E-state index contributed by atoms with van der Waals surface area (Å²) >= 11 is 7.73. The van der Waals surface area contributed by atoms with E-state index in [4.69, 9.17) is 21.7 Å². The molecule has 0 spiro atoms. The molecule has 100 valence electrons. The molecule has 1 N–H and O–H groups in total. The first-order valence-corrected chi connectivity index (χ1v) is 7.51. The second-order valence-corrected chi connectivity index (χ2v) is 6.10. The van der Waals surface area contributed by atoms with Gasteiger partial charge in [0.2, 0.25) is 6.79 Å². The second kappa shape index (κ2) is 4.49. The van der Waals surface area contributed by atoms with Crippen molar-refractivity contribution in [3.63, 3.8) is 0 Å². The zero-order chi connectivity index (χ0) is 13.7. The summed E-state index contributed by atoms with van der Waals surface area (Å²) < 4.78 is 14.6. The van der Waals surface area contributed by atoms with Crippen molar-refractivity contribution in [1.82, 2.24) is 9.55 Å². The molecule has 20 heavy (non-hydrogen) atoms. The fourth-order valence-corrected chi connectivity index (χ4v) is 3.17. The number of benzene rings is 2. The molecule has 1 aliphatic rings. The highest BCUT2D eigenvalue weighted by Crippen LogP contribution is 2.34. The van der Waals surface area contributed by atoms with E-state index in [1.54, 1.807) is 0 Å². The zero-order valence-corrected chi connectivity index (χ0v) is 13.2. The molecule has 0 atom stereocenters. The molecule has 4 nitrogen and oxygen atoms in total. The third-order valence-corrected chi connectivity index (χ3v) is 4.21. The highest BCUT2D eigenvalue weighted by Gasteiger charge is 2.15. The summed E-state index contributed by atoms with van der Waals surface area (Å²) in [6.45, 7) is 0.274. The molecular weight excluding hydrogens is 387 g/mol. The normalized spacial score (nSPS) is 13.1. The van der Waals surface area contributed by atoms with Gasteiger partial charge in [-0.1, -0.05) is 0 Å². The second-order valence-electron chi connectivity index (χ2n) is 4.46. The van der Waals surface area contributed by atoms with Crippen molar-refractivity contribution in [1.29, 1.82) is 0 Å². The highest BCUT2D eigenvalue weighted by atomic mass is 127. The lowest BCUT2D eigenvalue weighted by atomic mass is 10.2. The minimum Gasteiger partial charge on any atom is -0.454 e. The van der Waals surface area contributed by atoms with Gasteiger partial charge in [0.15, 0.2) is 16.3 Å². The number of nitrogens with zero attached hydrogens (tertiary/aromatic N) is 1. The molecule has 0 fully saturated rings. The predicted octanol–water partition coefficient (Wildman–Crippen LogP) is 4.02. The van der Waals surface area contributed by atoms with E-state index in [0.717, 1.165) is 28.2 Å². The van der Waals surface area contributed by atoms with Crippen LogP contribution in [-0.4, -0.2) is 16.3 Å². The number of aromatic amines is 1. The molecule has 6 heteroatoms. The molecule has 0 unspecified atom stereocenters. The molecule has 0 saturated carbocycles. The molecule has 1 aliphatic heterocycles. The molecule has 0 amide bonds. The first-order chi connectivity index (χ1) is 9.72. The number of aromatic nitrogens is 2. The number of nitrogens with one attached hydrogen (secondary N) is 1. The lowest BCUT2D eigenvalue weighted by Crippen LogP contribution is -1.94. The number of rotatable bonds is 1. The van der Waals surface area contributed by atoms with Crippen LogP contribution in [0, 0.1) is 8.34 Å². The van der Waals surface area contributed by atoms with E-state index in [2.05, 4.69) is 45.8 Å². The van der Waals surface area contributed by atoms with Gasteiger partial charge in [0.1, 0.15) is 0 Å². The van der Waals surface area contributed by atoms with Gasteiger partial charge >= 0.3 is 0 Å². The number of ether oxygens (including phenoxy) is 2. The van der Waals surface area contributed by atoms with Gasteiger partial charge in [-0.2, -0.15) is 0 Å². The van der Waals surface area contributed by atoms with Crippen LogP contribution in [0.5, 0.6) is 11.5 Å². The Hall–Kier alpha value is -1.54. The van der Waals surface area contributed by atoms with E-state index in [1.807, 2.05) is 22.8 Å². The van der Waals surface area contributed by atoms with E-state index in [1.165, 1.54) is 3.57 Å². The number of hydrogen-bond acceptors (Lipinski definition) is 3. The van der Waals surface area contributed by atoms with E-state index in [-0.39, 0.29) is 6.79 Å². The summed E-state index contributed by atoms with van der Waals surface area (Å²) in [6.07, 6.45) is 0. The Morgan fingerprint density at radius 1 is 1.10 bits per heavy atom. The Labute approximate surface area is 133 Å². The predicted molar refractivity (Wildman–Crippen MR) is 87.3 cm³/mol. The molecule has 0 radical (unpaired) electrons. The quantitative estimate of drug-likeness (QED) is 0.499. The summed E-state index contributed by atoms with van der Waals surface area (Å²) in [6, 6.07) is 12.0. The lowest BCUT2D eigenvalue weighted by molar-refractivity contribution is 0.174. The van der Waals surface area contributed by atoms with Crippen molar-refractivity contribution in [2.75, 3.05) is 6.79 Å². The fourth-order valence-electron chi connectivity index (χ4n) is 2.36. The number of imidazole rings is 1. The Bertz CT molecular complexity index is 885. The number of fused-ring (bicyclic) bond motifs is 2. The van der Waals surface area contributed by atoms with E-state index in [0.29, 0.717) is 4.77 Å². The van der Waals surface area contributed by atoms with Gasteiger partial charge in [-0.15, -0.1) is 0 Å². The maximum atomic E-state index is 5.44. The van der Waals surface area contributed by atoms with Crippen LogP contribution in [0.3, 0.4) is 0 Å². The minimum absolute atomic E-state index is 0.274. The van der Waals surface area contributed by atoms with Gasteiger partial charge in [-0.3, -0.25) is 4.57 Å².